The highest BCUT2D eigenvalue weighted by Crippen LogP contribution is 2.30. The summed E-state index contributed by atoms with van der Waals surface area (Å²) in [4.78, 5) is 12.6. The Morgan fingerprint density at radius 3 is 2.18 bits per heavy atom. The Morgan fingerprint density at radius 2 is 1.58 bits per heavy atom. The highest BCUT2D eigenvalue weighted by atomic mass is 35.5. The van der Waals surface area contributed by atoms with E-state index in [4.69, 9.17) is 23.2 Å². The number of nitrogens with one attached hydrogen (secondary N) is 2. The molecule has 3 rings (SSSR count). The molecule has 2 N–H and O–H groups in total. The molecule has 0 aliphatic rings. The summed E-state index contributed by atoms with van der Waals surface area (Å²) in [5.74, 6) is -0.764. The van der Waals surface area contributed by atoms with Gasteiger partial charge >= 0.3 is 6.18 Å². The van der Waals surface area contributed by atoms with E-state index in [0.29, 0.717) is 5.56 Å². The van der Waals surface area contributed by atoms with Gasteiger partial charge in [-0.3, -0.25) is 4.79 Å². The SMILES string of the molecule is O=C(Nc1ccc(C(F)(F)F)cc1)[C@H](Cc1ccccc1)NS(=O)(=O)c1cc(Cl)ccc1Cl. The third-order valence-electron chi connectivity index (χ3n) is 4.56. The molecule has 5 nitrogen and oxygen atoms in total. The summed E-state index contributed by atoms with van der Waals surface area (Å²) in [7, 11) is -4.27. The summed E-state index contributed by atoms with van der Waals surface area (Å²) in [5.41, 5.74) is -0.145. The van der Waals surface area contributed by atoms with Crippen LogP contribution in [0, 0.1) is 0 Å². The highest BCUT2D eigenvalue weighted by Gasteiger charge is 2.31. The first-order chi connectivity index (χ1) is 15.5. The van der Waals surface area contributed by atoms with Gasteiger partial charge in [0.2, 0.25) is 15.9 Å². The molecule has 0 bridgehead atoms. The fourth-order valence-electron chi connectivity index (χ4n) is 2.94. The first-order valence-corrected chi connectivity index (χ1v) is 11.7. The molecule has 0 aliphatic carbocycles. The fraction of sp³-hybridized carbons (Fsp3) is 0.136. The molecule has 0 saturated carbocycles. The van der Waals surface area contributed by atoms with Crippen molar-refractivity contribution >= 4 is 44.8 Å². The van der Waals surface area contributed by atoms with E-state index in [-0.39, 0.29) is 27.0 Å². The van der Waals surface area contributed by atoms with Gasteiger partial charge in [-0.05, 0) is 54.4 Å². The summed E-state index contributed by atoms with van der Waals surface area (Å²) < 4.78 is 66.6. The predicted octanol–water partition coefficient (Wildman–Crippen LogP) is 5.54. The molecule has 0 saturated heterocycles. The van der Waals surface area contributed by atoms with Gasteiger partial charge in [0.05, 0.1) is 10.6 Å². The second-order valence-electron chi connectivity index (χ2n) is 7.00. The van der Waals surface area contributed by atoms with Gasteiger partial charge in [-0.2, -0.15) is 17.9 Å². The van der Waals surface area contributed by atoms with Crippen LogP contribution in [0.3, 0.4) is 0 Å². The van der Waals surface area contributed by atoms with Crippen LogP contribution in [0.4, 0.5) is 18.9 Å². The Bertz CT molecular complexity index is 1240. The molecule has 0 aliphatic heterocycles. The van der Waals surface area contributed by atoms with E-state index in [1.54, 1.807) is 30.3 Å². The van der Waals surface area contributed by atoms with E-state index in [0.717, 1.165) is 30.3 Å². The topological polar surface area (TPSA) is 75.3 Å². The third kappa shape index (κ3) is 6.70. The minimum atomic E-state index is -4.52. The van der Waals surface area contributed by atoms with Crippen molar-refractivity contribution in [2.24, 2.45) is 0 Å². The Hall–Kier alpha value is -2.59. The highest BCUT2D eigenvalue weighted by molar-refractivity contribution is 7.89. The quantitative estimate of drug-likeness (QED) is 0.432. The van der Waals surface area contributed by atoms with Gasteiger partial charge in [0, 0.05) is 10.7 Å². The maximum Gasteiger partial charge on any atom is 0.416 e. The van der Waals surface area contributed by atoms with Crippen LogP contribution < -0.4 is 10.0 Å². The van der Waals surface area contributed by atoms with E-state index < -0.39 is 33.7 Å². The van der Waals surface area contributed by atoms with E-state index in [2.05, 4.69) is 10.0 Å². The zero-order valence-corrected chi connectivity index (χ0v) is 19.1. The number of hydrogen-bond acceptors (Lipinski definition) is 3. The lowest BCUT2D eigenvalue weighted by atomic mass is 10.1. The van der Waals surface area contributed by atoms with Crippen molar-refractivity contribution in [1.29, 1.82) is 0 Å². The lowest BCUT2D eigenvalue weighted by Crippen LogP contribution is -2.45. The van der Waals surface area contributed by atoms with Gasteiger partial charge in [0.25, 0.3) is 0 Å². The van der Waals surface area contributed by atoms with Crippen LogP contribution in [0.1, 0.15) is 11.1 Å². The number of amides is 1. The largest absolute Gasteiger partial charge is 0.416 e. The predicted molar refractivity (Wildman–Crippen MR) is 121 cm³/mol. The van der Waals surface area contributed by atoms with Crippen molar-refractivity contribution in [2.75, 3.05) is 5.32 Å². The molecule has 174 valence electrons. The molecular formula is C22H17Cl2F3N2O3S. The van der Waals surface area contributed by atoms with Gasteiger partial charge in [-0.25, -0.2) is 8.42 Å². The molecule has 0 radical (unpaired) electrons. The zero-order valence-electron chi connectivity index (χ0n) is 16.7. The van der Waals surface area contributed by atoms with E-state index in [1.165, 1.54) is 12.1 Å². The van der Waals surface area contributed by atoms with Crippen LogP contribution in [0.2, 0.25) is 10.0 Å². The summed E-state index contributed by atoms with van der Waals surface area (Å²) in [6.45, 7) is 0. The van der Waals surface area contributed by atoms with Crippen molar-refractivity contribution in [2.45, 2.75) is 23.5 Å². The van der Waals surface area contributed by atoms with Crippen molar-refractivity contribution in [3.8, 4) is 0 Å². The number of rotatable bonds is 7. The van der Waals surface area contributed by atoms with Crippen molar-refractivity contribution in [3.63, 3.8) is 0 Å². The number of hydrogen-bond donors (Lipinski definition) is 2. The van der Waals surface area contributed by atoms with Crippen LogP contribution in [0.25, 0.3) is 0 Å². The number of carbonyl (C=O) groups excluding carboxylic acids is 1. The lowest BCUT2D eigenvalue weighted by Gasteiger charge is -2.19. The molecule has 11 heteroatoms. The van der Waals surface area contributed by atoms with Crippen LogP contribution in [0.15, 0.2) is 77.7 Å². The smallest absolute Gasteiger partial charge is 0.325 e. The van der Waals surface area contributed by atoms with Crippen LogP contribution in [-0.2, 0) is 27.4 Å². The van der Waals surface area contributed by atoms with Crippen LogP contribution >= 0.6 is 23.2 Å². The third-order valence-corrected chi connectivity index (χ3v) is 6.75. The second-order valence-corrected chi connectivity index (χ2v) is 9.53. The molecule has 1 amide bonds. The van der Waals surface area contributed by atoms with Crippen molar-refractivity contribution in [3.05, 3.63) is 94.0 Å². The zero-order chi connectivity index (χ0) is 24.2. The average molecular weight is 517 g/mol. The molecule has 0 aromatic heterocycles. The number of halogens is 5. The van der Waals surface area contributed by atoms with Crippen LogP contribution in [-0.4, -0.2) is 20.4 Å². The van der Waals surface area contributed by atoms with Gasteiger partial charge in [-0.1, -0.05) is 53.5 Å². The average Bonchev–Trinajstić information content (AvgIpc) is 2.75. The summed E-state index contributed by atoms with van der Waals surface area (Å²) in [5, 5.41) is 2.49. The monoisotopic (exact) mass is 516 g/mol. The molecule has 0 spiro atoms. The first kappa shape index (κ1) is 25.0. The molecule has 0 fully saturated rings. The minimum absolute atomic E-state index is 0.0231. The molecule has 0 heterocycles. The Labute approximate surface area is 198 Å². The molecule has 33 heavy (non-hydrogen) atoms. The second kappa shape index (κ2) is 10.1. The van der Waals surface area contributed by atoms with Gasteiger partial charge in [0.15, 0.2) is 0 Å². The number of anilines is 1. The molecular weight excluding hydrogens is 500 g/mol. The van der Waals surface area contributed by atoms with Gasteiger partial charge in [0.1, 0.15) is 10.9 Å². The Balaban J connectivity index is 1.87. The minimum Gasteiger partial charge on any atom is -0.325 e. The standard InChI is InChI=1S/C22H17Cl2F3N2O3S/c23-16-8-11-18(24)20(13-16)33(31,32)29-19(12-14-4-2-1-3-5-14)21(30)28-17-9-6-15(7-10-17)22(25,26)27/h1-11,13,19,29H,12H2,(H,28,30)/t19-/m0/s1. The van der Waals surface area contributed by atoms with E-state index in [1.807, 2.05) is 0 Å². The maximum absolute atomic E-state index is 13.0. The number of sulfonamides is 1. The van der Waals surface area contributed by atoms with Gasteiger partial charge in [-0.15, -0.1) is 0 Å². The molecule has 3 aromatic rings. The Morgan fingerprint density at radius 1 is 0.939 bits per heavy atom. The fourth-order valence-corrected chi connectivity index (χ4v) is 4.90. The lowest BCUT2D eigenvalue weighted by molar-refractivity contribution is -0.137. The van der Waals surface area contributed by atoms with Crippen molar-refractivity contribution < 1.29 is 26.4 Å². The summed E-state index contributed by atoms with van der Waals surface area (Å²) in [6, 6.07) is 15.0. The number of benzene rings is 3. The number of carbonyl (C=O) groups is 1. The van der Waals surface area contributed by atoms with E-state index >= 15 is 0 Å². The molecule has 0 unspecified atom stereocenters. The van der Waals surface area contributed by atoms with Crippen molar-refractivity contribution in [1.82, 2.24) is 4.72 Å². The summed E-state index contributed by atoms with van der Waals surface area (Å²) >= 11 is 11.9. The number of alkyl halides is 3. The van der Waals surface area contributed by atoms with Crippen LogP contribution in [0.5, 0.6) is 0 Å². The van der Waals surface area contributed by atoms with Gasteiger partial charge < -0.3 is 5.32 Å². The molecule has 1 atom stereocenters. The van der Waals surface area contributed by atoms with E-state index in [9.17, 15) is 26.4 Å². The Kier molecular flexibility index (Phi) is 7.69. The summed E-state index contributed by atoms with van der Waals surface area (Å²) in [6.07, 6.45) is -4.55. The maximum atomic E-state index is 13.0. The molecule has 3 aromatic carbocycles. The first-order valence-electron chi connectivity index (χ1n) is 9.45. The normalized spacial score (nSPS) is 12.9.